The Hall–Kier alpha value is -1.62. The van der Waals surface area contributed by atoms with Crippen LogP contribution >= 0.6 is 11.8 Å². The van der Waals surface area contributed by atoms with Crippen LogP contribution in [0.3, 0.4) is 0 Å². The zero-order valence-corrected chi connectivity index (χ0v) is 12.6. The minimum Gasteiger partial charge on any atom is -0.486 e. The molecular formula is C16H18N2O2S. The number of aromatic nitrogens is 1. The van der Waals surface area contributed by atoms with Crippen molar-refractivity contribution in [1.29, 1.82) is 0 Å². The highest BCUT2D eigenvalue weighted by molar-refractivity contribution is 7.99. The van der Waals surface area contributed by atoms with Gasteiger partial charge >= 0.3 is 0 Å². The summed E-state index contributed by atoms with van der Waals surface area (Å²) in [5.74, 6) is 5.89. The van der Waals surface area contributed by atoms with E-state index in [2.05, 4.69) is 10.3 Å². The number of hydrogen-bond acceptors (Lipinski definition) is 5. The van der Waals surface area contributed by atoms with Crippen molar-refractivity contribution in [3.63, 3.8) is 0 Å². The number of anilines is 1. The van der Waals surface area contributed by atoms with Crippen molar-refractivity contribution in [2.45, 2.75) is 6.42 Å². The molecule has 1 unspecified atom stereocenters. The minimum absolute atomic E-state index is 0.612. The predicted octanol–water partition coefficient (Wildman–Crippen LogP) is 3.17. The molecule has 1 fully saturated rings. The predicted molar refractivity (Wildman–Crippen MR) is 86.7 cm³/mol. The molecule has 5 heteroatoms. The molecule has 1 aromatic carbocycles. The molecule has 1 N–H and O–H groups in total. The highest BCUT2D eigenvalue weighted by atomic mass is 32.2. The average molecular weight is 302 g/mol. The van der Waals surface area contributed by atoms with Crippen LogP contribution in [0.1, 0.15) is 6.42 Å². The first-order valence-corrected chi connectivity index (χ1v) is 8.55. The summed E-state index contributed by atoms with van der Waals surface area (Å²) in [6.07, 6.45) is 3.15. The fourth-order valence-corrected chi connectivity index (χ4v) is 4.12. The van der Waals surface area contributed by atoms with Crippen LogP contribution in [0, 0.1) is 5.92 Å². The summed E-state index contributed by atoms with van der Waals surface area (Å²) >= 11 is 2.04. The Morgan fingerprint density at radius 2 is 2.10 bits per heavy atom. The number of nitrogens with one attached hydrogen (secondary N) is 1. The highest BCUT2D eigenvalue weighted by Gasteiger charge is 2.17. The van der Waals surface area contributed by atoms with Gasteiger partial charge in [0, 0.05) is 18.1 Å². The lowest BCUT2D eigenvalue weighted by atomic mass is 10.1. The summed E-state index contributed by atoms with van der Waals surface area (Å²) in [5, 5.41) is 5.76. The fraction of sp³-hybridized carbons (Fsp3) is 0.438. The molecule has 0 radical (unpaired) electrons. The molecule has 0 saturated carbocycles. The molecule has 21 heavy (non-hydrogen) atoms. The molecule has 2 aliphatic heterocycles. The van der Waals surface area contributed by atoms with E-state index >= 15 is 0 Å². The van der Waals surface area contributed by atoms with Crippen molar-refractivity contribution in [2.24, 2.45) is 5.92 Å². The Kier molecular flexibility index (Phi) is 3.51. The molecule has 2 aliphatic rings. The number of hydrogen-bond donors (Lipinski definition) is 1. The molecule has 2 aromatic rings. The van der Waals surface area contributed by atoms with Crippen molar-refractivity contribution in [3.8, 4) is 11.5 Å². The third-order valence-electron chi connectivity index (χ3n) is 4.01. The largest absolute Gasteiger partial charge is 0.486 e. The summed E-state index contributed by atoms with van der Waals surface area (Å²) in [7, 11) is 0. The van der Waals surface area contributed by atoms with Crippen LogP contribution in [0.5, 0.6) is 11.5 Å². The molecular weight excluding hydrogens is 284 g/mol. The van der Waals surface area contributed by atoms with Gasteiger partial charge in [-0.2, -0.15) is 11.8 Å². The maximum Gasteiger partial charge on any atom is 0.162 e. The zero-order chi connectivity index (χ0) is 14.1. The Balaban J connectivity index is 1.64. The minimum atomic E-state index is 0.612. The molecule has 110 valence electrons. The maximum atomic E-state index is 5.68. The quantitative estimate of drug-likeness (QED) is 0.943. The second-order valence-corrected chi connectivity index (χ2v) is 6.64. The van der Waals surface area contributed by atoms with Crippen LogP contribution in [-0.4, -0.2) is 36.2 Å². The summed E-state index contributed by atoms with van der Waals surface area (Å²) in [5.41, 5.74) is 0. The normalized spacial score (nSPS) is 20.7. The Morgan fingerprint density at radius 1 is 1.24 bits per heavy atom. The molecule has 1 aromatic heterocycles. The Bertz CT molecular complexity index is 656. The van der Waals surface area contributed by atoms with Gasteiger partial charge in [-0.1, -0.05) is 0 Å². The number of nitrogens with zero attached hydrogens (tertiary/aromatic N) is 1. The van der Waals surface area contributed by atoms with E-state index in [9.17, 15) is 0 Å². The first kappa shape index (κ1) is 13.1. The van der Waals surface area contributed by atoms with E-state index in [0.29, 0.717) is 13.2 Å². The number of rotatable bonds is 3. The standard InChI is InChI=1S/C16H18N2O2S/c1-3-17-16(18-9-11-2-6-21-10-11)13-8-15-14(7-12(1)13)19-4-5-20-15/h1,3,7-8,11H,2,4-6,9-10H2,(H,17,18). The van der Waals surface area contributed by atoms with Crippen LogP contribution in [0.15, 0.2) is 24.4 Å². The van der Waals surface area contributed by atoms with Crippen LogP contribution < -0.4 is 14.8 Å². The van der Waals surface area contributed by atoms with E-state index < -0.39 is 0 Å². The van der Waals surface area contributed by atoms with E-state index in [1.165, 1.54) is 17.9 Å². The van der Waals surface area contributed by atoms with E-state index in [0.717, 1.165) is 40.6 Å². The fourth-order valence-electron chi connectivity index (χ4n) is 2.84. The Morgan fingerprint density at radius 3 is 2.90 bits per heavy atom. The van der Waals surface area contributed by atoms with Gasteiger partial charge in [0.15, 0.2) is 11.5 Å². The number of benzene rings is 1. The first-order valence-electron chi connectivity index (χ1n) is 7.40. The van der Waals surface area contributed by atoms with Gasteiger partial charge in [0.1, 0.15) is 19.0 Å². The zero-order valence-electron chi connectivity index (χ0n) is 11.8. The average Bonchev–Trinajstić information content (AvgIpc) is 3.04. The number of ether oxygens (including phenoxy) is 2. The van der Waals surface area contributed by atoms with Crippen LogP contribution in [0.2, 0.25) is 0 Å². The molecule has 0 amide bonds. The van der Waals surface area contributed by atoms with Crippen LogP contribution in [0.4, 0.5) is 5.82 Å². The van der Waals surface area contributed by atoms with Crippen LogP contribution in [-0.2, 0) is 0 Å². The molecule has 3 heterocycles. The molecule has 0 spiro atoms. The molecule has 0 aliphatic carbocycles. The SMILES string of the molecule is c1cc2cc3c(cc2c(NCC2CCSC2)n1)OCCO3. The third-order valence-corrected chi connectivity index (χ3v) is 5.24. The summed E-state index contributed by atoms with van der Waals surface area (Å²) in [4.78, 5) is 4.50. The maximum absolute atomic E-state index is 5.68. The number of pyridine rings is 1. The molecule has 0 bridgehead atoms. The van der Waals surface area contributed by atoms with Gasteiger partial charge in [0.25, 0.3) is 0 Å². The number of thioether (sulfide) groups is 1. The van der Waals surface area contributed by atoms with Gasteiger partial charge in [-0.3, -0.25) is 0 Å². The van der Waals surface area contributed by atoms with Gasteiger partial charge in [0.05, 0.1) is 0 Å². The van der Waals surface area contributed by atoms with Gasteiger partial charge in [0.2, 0.25) is 0 Å². The first-order chi connectivity index (χ1) is 10.4. The lowest BCUT2D eigenvalue weighted by molar-refractivity contribution is 0.172. The van der Waals surface area contributed by atoms with E-state index in [4.69, 9.17) is 9.47 Å². The molecule has 4 nitrogen and oxygen atoms in total. The van der Waals surface area contributed by atoms with Gasteiger partial charge in [-0.25, -0.2) is 4.98 Å². The van der Waals surface area contributed by atoms with E-state index in [1.807, 2.05) is 36.2 Å². The van der Waals surface area contributed by atoms with Crippen molar-refractivity contribution in [3.05, 3.63) is 24.4 Å². The van der Waals surface area contributed by atoms with Gasteiger partial charge < -0.3 is 14.8 Å². The smallest absolute Gasteiger partial charge is 0.162 e. The molecule has 4 rings (SSSR count). The Labute approximate surface area is 128 Å². The second kappa shape index (κ2) is 5.64. The second-order valence-electron chi connectivity index (χ2n) is 5.49. The van der Waals surface area contributed by atoms with Crippen molar-refractivity contribution in [2.75, 3.05) is 36.6 Å². The molecule has 1 atom stereocenters. The topological polar surface area (TPSA) is 43.4 Å². The lowest BCUT2D eigenvalue weighted by Gasteiger charge is -2.20. The van der Waals surface area contributed by atoms with Crippen LogP contribution in [0.25, 0.3) is 10.8 Å². The lowest BCUT2D eigenvalue weighted by Crippen LogP contribution is -2.16. The van der Waals surface area contributed by atoms with E-state index in [1.54, 1.807) is 0 Å². The molecule has 1 saturated heterocycles. The number of fused-ring (bicyclic) bond motifs is 2. The van der Waals surface area contributed by atoms with Crippen molar-refractivity contribution in [1.82, 2.24) is 4.98 Å². The van der Waals surface area contributed by atoms with Crippen molar-refractivity contribution >= 4 is 28.4 Å². The van der Waals surface area contributed by atoms with Gasteiger partial charge in [-0.05, 0) is 47.4 Å². The summed E-state index contributed by atoms with van der Waals surface area (Å²) < 4.78 is 11.3. The summed E-state index contributed by atoms with van der Waals surface area (Å²) in [6, 6.07) is 6.11. The summed E-state index contributed by atoms with van der Waals surface area (Å²) in [6.45, 7) is 2.22. The highest BCUT2D eigenvalue weighted by Crippen LogP contribution is 2.36. The van der Waals surface area contributed by atoms with E-state index in [-0.39, 0.29) is 0 Å². The van der Waals surface area contributed by atoms with Crippen molar-refractivity contribution < 1.29 is 9.47 Å². The monoisotopic (exact) mass is 302 g/mol. The van der Waals surface area contributed by atoms with Gasteiger partial charge in [-0.15, -0.1) is 0 Å². The third kappa shape index (κ3) is 2.62.